The van der Waals surface area contributed by atoms with Crippen molar-refractivity contribution in [2.24, 2.45) is 5.92 Å². The molecule has 0 bridgehead atoms. The molecule has 1 fully saturated rings. The van der Waals surface area contributed by atoms with Gasteiger partial charge in [-0.3, -0.25) is 0 Å². The molecule has 0 heterocycles. The van der Waals surface area contributed by atoms with Gasteiger partial charge >= 0.3 is 0 Å². The monoisotopic (exact) mass is 318 g/mol. The zero-order chi connectivity index (χ0) is 12.3. The van der Waals surface area contributed by atoms with Crippen LogP contribution in [0.2, 0.25) is 0 Å². The SMILES string of the molecule is Fc1ccc(Br)c(CC2CCCCC(Cl)C2)c1. The lowest BCUT2D eigenvalue weighted by Gasteiger charge is -2.17. The van der Waals surface area contributed by atoms with E-state index < -0.39 is 0 Å². The molecule has 1 saturated carbocycles. The highest BCUT2D eigenvalue weighted by Crippen LogP contribution is 2.31. The van der Waals surface area contributed by atoms with E-state index in [1.807, 2.05) is 0 Å². The van der Waals surface area contributed by atoms with Crippen LogP contribution in [0.4, 0.5) is 4.39 Å². The minimum absolute atomic E-state index is 0.153. The molecule has 2 rings (SSSR count). The van der Waals surface area contributed by atoms with Crippen LogP contribution in [-0.2, 0) is 6.42 Å². The Balaban J connectivity index is 2.06. The van der Waals surface area contributed by atoms with Gasteiger partial charge in [0, 0.05) is 9.85 Å². The van der Waals surface area contributed by atoms with Crippen LogP contribution in [0.3, 0.4) is 0 Å². The van der Waals surface area contributed by atoms with E-state index >= 15 is 0 Å². The summed E-state index contributed by atoms with van der Waals surface area (Å²) in [7, 11) is 0. The van der Waals surface area contributed by atoms with E-state index in [1.54, 1.807) is 12.1 Å². The minimum atomic E-state index is -0.153. The Kier molecular flexibility index (Phi) is 4.87. The molecule has 1 aromatic rings. The fourth-order valence-corrected chi connectivity index (χ4v) is 3.41. The topological polar surface area (TPSA) is 0 Å². The Bertz CT molecular complexity index is 380. The lowest BCUT2D eigenvalue weighted by Crippen LogP contribution is -2.09. The van der Waals surface area contributed by atoms with Gasteiger partial charge in [0.25, 0.3) is 0 Å². The highest BCUT2D eigenvalue weighted by atomic mass is 79.9. The molecular formula is C14H17BrClF. The summed E-state index contributed by atoms with van der Waals surface area (Å²) in [6.45, 7) is 0. The molecule has 3 heteroatoms. The lowest BCUT2D eigenvalue weighted by molar-refractivity contribution is 0.458. The van der Waals surface area contributed by atoms with E-state index in [0.717, 1.165) is 29.3 Å². The maximum absolute atomic E-state index is 13.2. The molecule has 0 aliphatic heterocycles. The van der Waals surface area contributed by atoms with Crippen LogP contribution in [0.5, 0.6) is 0 Å². The van der Waals surface area contributed by atoms with Crippen LogP contribution in [-0.4, -0.2) is 5.38 Å². The van der Waals surface area contributed by atoms with Crippen molar-refractivity contribution in [1.29, 1.82) is 0 Å². The summed E-state index contributed by atoms with van der Waals surface area (Å²) < 4.78 is 14.2. The first kappa shape index (κ1) is 13.4. The molecule has 0 amide bonds. The molecule has 1 aromatic carbocycles. The zero-order valence-electron chi connectivity index (χ0n) is 9.76. The summed E-state index contributed by atoms with van der Waals surface area (Å²) in [4.78, 5) is 0. The third-order valence-corrected chi connectivity index (χ3v) is 4.66. The molecule has 0 aromatic heterocycles. The van der Waals surface area contributed by atoms with E-state index in [-0.39, 0.29) is 5.82 Å². The third-order valence-electron chi connectivity index (χ3n) is 3.49. The van der Waals surface area contributed by atoms with Crippen molar-refractivity contribution in [3.8, 4) is 0 Å². The quantitative estimate of drug-likeness (QED) is 0.511. The van der Waals surface area contributed by atoms with Gasteiger partial charge in [0.1, 0.15) is 5.82 Å². The van der Waals surface area contributed by atoms with E-state index in [2.05, 4.69) is 15.9 Å². The Morgan fingerprint density at radius 2 is 2.06 bits per heavy atom. The highest BCUT2D eigenvalue weighted by Gasteiger charge is 2.19. The van der Waals surface area contributed by atoms with Gasteiger partial charge in [-0.05, 0) is 48.9 Å². The van der Waals surface area contributed by atoms with Crippen molar-refractivity contribution in [1.82, 2.24) is 0 Å². The average Bonchev–Trinajstić information content (AvgIpc) is 2.48. The van der Waals surface area contributed by atoms with Crippen molar-refractivity contribution in [3.63, 3.8) is 0 Å². The second kappa shape index (κ2) is 6.19. The predicted molar refractivity (Wildman–Crippen MR) is 74.0 cm³/mol. The molecule has 0 saturated heterocycles. The van der Waals surface area contributed by atoms with E-state index in [4.69, 9.17) is 11.6 Å². The fraction of sp³-hybridized carbons (Fsp3) is 0.571. The molecule has 2 unspecified atom stereocenters. The Morgan fingerprint density at radius 1 is 1.29 bits per heavy atom. The number of alkyl halides is 1. The average molecular weight is 320 g/mol. The Morgan fingerprint density at radius 3 is 2.88 bits per heavy atom. The molecule has 1 aliphatic carbocycles. The number of benzene rings is 1. The smallest absolute Gasteiger partial charge is 0.123 e. The lowest BCUT2D eigenvalue weighted by atomic mass is 9.92. The van der Waals surface area contributed by atoms with Crippen LogP contribution in [0.25, 0.3) is 0 Å². The molecule has 94 valence electrons. The van der Waals surface area contributed by atoms with Gasteiger partial charge in [0.2, 0.25) is 0 Å². The van der Waals surface area contributed by atoms with Gasteiger partial charge in [-0.1, -0.05) is 35.2 Å². The summed E-state index contributed by atoms with van der Waals surface area (Å²) in [6, 6.07) is 4.92. The molecular weight excluding hydrogens is 303 g/mol. The van der Waals surface area contributed by atoms with E-state index in [9.17, 15) is 4.39 Å². The van der Waals surface area contributed by atoms with Crippen LogP contribution in [0, 0.1) is 11.7 Å². The number of rotatable bonds is 2. The van der Waals surface area contributed by atoms with Crippen LogP contribution in [0.1, 0.15) is 37.7 Å². The zero-order valence-corrected chi connectivity index (χ0v) is 12.1. The first-order valence-corrected chi connectivity index (χ1v) is 7.46. The van der Waals surface area contributed by atoms with Crippen LogP contribution in [0.15, 0.2) is 22.7 Å². The minimum Gasteiger partial charge on any atom is -0.207 e. The van der Waals surface area contributed by atoms with Crippen molar-refractivity contribution >= 4 is 27.5 Å². The molecule has 17 heavy (non-hydrogen) atoms. The Hall–Kier alpha value is -0.0800. The van der Waals surface area contributed by atoms with Crippen molar-refractivity contribution in [2.45, 2.75) is 43.9 Å². The molecule has 0 spiro atoms. The summed E-state index contributed by atoms with van der Waals surface area (Å²) in [5.41, 5.74) is 1.07. The second-order valence-electron chi connectivity index (χ2n) is 4.92. The Labute approximate surface area is 116 Å². The largest absolute Gasteiger partial charge is 0.207 e. The molecule has 0 radical (unpaired) electrons. The molecule has 0 nitrogen and oxygen atoms in total. The first-order chi connectivity index (χ1) is 8.15. The maximum atomic E-state index is 13.2. The van der Waals surface area contributed by atoms with Gasteiger partial charge in [0.15, 0.2) is 0 Å². The maximum Gasteiger partial charge on any atom is 0.123 e. The van der Waals surface area contributed by atoms with Crippen LogP contribution < -0.4 is 0 Å². The van der Waals surface area contributed by atoms with Gasteiger partial charge < -0.3 is 0 Å². The van der Waals surface area contributed by atoms with E-state index in [0.29, 0.717) is 11.3 Å². The summed E-state index contributed by atoms with van der Waals surface area (Å²) in [6.07, 6.45) is 6.82. The summed E-state index contributed by atoms with van der Waals surface area (Å²) in [5, 5.41) is 0.301. The van der Waals surface area contributed by atoms with Gasteiger partial charge in [0.05, 0.1) is 0 Å². The predicted octanol–water partition coefficient (Wildman–Crippen LogP) is 5.32. The third kappa shape index (κ3) is 3.96. The summed E-state index contributed by atoms with van der Waals surface area (Å²) >= 11 is 9.76. The second-order valence-corrected chi connectivity index (χ2v) is 6.39. The van der Waals surface area contributed by atoms with Crippen molar-refractivity contribution in [2.75, 3.05) is 0 Å². The summed E-state index contributed by atoms with van der Waals surface area (Å²) in [5.74, 6) is 0.442. The standard InChI is InChI=1S/C14H17BrClF/c15-14-6-5-13(17)9-11(14)7-10-3-1-2-4-12(16)8-10/h5-6,9-10,12H,1-4,7-8H2. The first-order valence-electron chi connectivity index (χ1n) is 6.23. The van der Waals surface area contributed by atoms with Gasteiger partial charge in [-0.2, -0.15) is 0 Å². The molecule has 2 atom stereocenters. The van der Waals surface area contributed by atoms with Crippen LogP contribution >= 0.6 is 27.5 Å². The fourth-order valence-electron chi connectivity index (χ4n) is 2.59. The normalized spacial score (nSPS) is 25.6. The molecule has 0 N–H and O–H groups in total. The van der Waals surface area contributed by atoms with Crippen molar-refractivity contribution < 1.29 is 4.39 Å². The van der Waals surface area contributed by atoms with Gasteiger partial charge in [-0.15, -0.1) is 11.6 Å². The number of hydrogen-bond donors (Lipinski definition) is 0. The number of hydrogen-bond acceptors (Lipinski definition) is 0. The van der Waals surface area contributed by atoms with Crippen molar-refractivity contribution in [3.05, 3.63) is 34.1 Å². The molecule has 1 aliphatic rings. The van der Waals surface area contributed by atoms with E-state index in [1.165, 1.54) is 25.3 Å². The van der Waals surface area contributed by atoms with Gasteiger partial charge in [-0.25, -0.2) is 4.39 Å². The number of halogens is 3. The highest BCUT2D eigenvalue weighted by molar-refractivity contribution is 9.10.